The Hall–Kier alpha value is -3.13. The fourth-order valence-electron chi connectivity index (χ4n) is 4.50. The zero-order valence-electron chi connectivity index (χ0n) is 19.7. The molecule has 1 aliphatic heterocycles. The molecule has 1 aliphatic carbocycles. The van der Waals surface area contributed by atoms with Gasteiger partial charge in [0.2, 0.25) is 0 Å². The summed E-state index contributed by atoms with van der Waals surface area (Å²) >= 11 is 0. The van der Waals surface area contributed by atoms with Crippen LogP contribution in [0, 0.1) is 11.8 Å². The quantitative estimate of drug-likeness (QED) is 0.361. The third-order valence-corrected chi connectivity index (χ3v) is 6.01. The fraction of sp³-hybridized carbons (Fsp3) is 0.480. The third kappa shape index (κ3) is 4.95. The van der Waals surface area contributed by atoms with Crippen molar-refractivity contribution in [3.05, 3.63) is 52.4 Å². The van der Waals surface area contributed by atoms with Crippen LogP contribution in [-0.2, 0) is 28.6 Å². The van der Waals surface area contributed by atoms with E-state index in [2.05, 4.69) is 5.32 Å². The topological polar surface area (TPSA) is 100 Å². The van der Waals surface area contributed by atoms with Crippen LogP contribution < -0.4 is 10.1 Å². The van der Waals surface area contributed by atoms with Gasteiger partial charge in [0, 0.05) is 30.0 Å². The summed E-state index contributed by atoms with van der Waals surface area (Å²) in [6, 6.07) is 7.27. The van der Waals surface area contributed by atoms with Gasteiger partial charge in [-0.15, -0.1) is 0 Å². The number of methoxy groups -OCH3 is 2. The van der Waals surface area contributed by atoms with Crippen molar-refractivity contribution in [3.63, 3.8) is 0 Å². The van der Waals surface area contributed by atoms with E-state index >= 15 is 0 Å². The van der Waals surface area contributed by atoms with Crippen molar-refractivity contribution in [1.29, 1.82) is 0 Å². The second-order valence-corrected chi connectivity index (χ2v) is 8.17. The maximum atomic E-state index is 13.6. The lowest BCUT2D eigenvalue weighted by molar-refractivity contribution is -0.151. The summed E-state index contributed by atoms with van der Waals surface area (Å²) in [6.45, 7) is 6.41. The molecule has 1 N–H and O–H groups in total. The van der Waals surface area contributed by atoms with Crippen LogP contribution in [0.2, 0.25) is 0 Å². The number of dihydropyridines is 1. The molecule has 8 nitrogen and oxygen atoms in total. The zero-order chi connectivity index (χ0) is 24.1. The lowest BCUT2D eigenvalue weighted by atomic mass is 9.69. The van der Waals surface area contributed by atoms with Gasteiger partial charge in [-0.1, -0.05) is 19.1 Å². The first-order valence-corrected chi connectivity index (χ1v) is 11.1. The molecule has 0 unspecified atom stereocenters. The maximum Gasteiger partial charge on any atom is 0.336 e. The molecule has 1 aromatic rings. The summed E-state index contributed by atoms with van der Waals surface area (Å²) in [5.41, 5.74) is 2.80. The number of hydrogen-bond donors (Lipinski definition) is 1. The summed E-state index contributed by atoms with van der Waals surface area (Å²) in [4.78, 5) is 39.2. The Morgan fingerprint density at radius 2 is 1.82 bits per heavy atom. The molecular formula is C25H31NO7. The lowest BCUT2D eigenvalue weighted by Crippen LogP contribution is -2.43. The standard InChI is InChI=1S/C25H31NO7/c1-6-32-17-9-7-16(8-10-17)21-20(25(29)33-12-11-30-4)15(3)26-18-13-14(2)19(24(28)31-5)23(27)22(18)21/h7-10,14,19,21,26H,6,11-13H2,1-5H3/t14-,19-,21+/m0/s1. The molecule has 0 fully saturated rings. The largest absolute Gasteiger partial charge is 0.494 e. The minimum atomic E-state index is -0.926. The van der Waals surface area contributed by atoms with E-state index in [1.54, 1.807) is 19.1 Å². The van der Waals surface area contributed by atoms with Gasteiger partial charge in [0.15, 0.2) is 5.78 Å². The highest BCUT2D eigenvalue weighted by Crippen LogP contribution is 2.45. The van der Waals surface area contributed by atoms with E-state index in [0.717, 1.165) is 11.3 Å². The van der Waals surface area contributed by atoms with Crippen molar-refractivity contribution in [2.45, 2.75) is 33.1 Å². The van der Waals surface area contributed by atoms with Crippen molar-refractivity contribution in [2.75, 3.05) is 34.0 Å². The third-order valence-electron chi connectivity index (χ3n) is 6.01. The molecule has 0 saturated heterocycles. The van der Waals surface area contributed by atoms with E-state index in [1.807, 2.05) is 26.0 Å². The van der Waals surface area contributed by atoms with Crippen LogP contribution in [0.3, 0.4) is 0 Å². The minimum absolute atomic E-state index is 0.0871. The van der Waals surface area contributed by atoms with Crippen molar-refractivity contribution in [1.82, 2.24) is 5.32 Å². The molecular weight excluding hydrogens is 426 g/mol. The monoisotopic (exact) mass is 457 g/mol. The normalized spacial score (nSPS) is 22.5. The van der Waals surface area contributed by atoms with Crippen LogP contribution in [-0.4, -0.2) is 51.8 Å². The van der Waals surface area contributed by atoms with Crippen molar-refractivity contribution in [3.8, 4) is 5.75 Å². The first-order valence-electron chi connectivity index (χ1n) is 11.1. The van der Waals surface area contributed by atoms with Gasteiger partial charge in [-0.05, 0) is 43.9 Å². The summed E-state index contributed by atoms with van der Waals surface area (Å²) in [5, 5.41) is 3.24. The minimum Gasteiger partial charge on any atom is -0.494 e. The second kappa shape index (κ2) is 10.7. The number of benzene rings is 1. The number of ketones is 1. The number of Topliss-reactive ketones (excluding diaryl/α,β-unsaturated/α-hetero) is 1. The number of carbonyl (C=O) groups is 3. The van der Waals surface area contributed by atoms with Gasteiger partial charge in [-0.2, -0.15) is 0 Å². The molecule has 2 aliphatic rings. The Labute approximate surface area is 193 Å². The molecule has 33 heavy (non-hydrogen) atoms. The molecule has 0 saturated carbocycles. The van der Waals surface area contributed by atoms with Gasteiger partial charge in [0.05, 0.1) is 25.9 Å². The summed E-state index contributed by atoms with van der Waals surface area (Å²) in [7, 11) is 2.80. The average molecular weight is 458 g/mol. The fourth-order valence-corrected chi connectivity index (χ4v) is 4.50. The second-order valence-electron chi connectivity index (χ2n) is 8.17. The summed E-state index contributed by atoms with van der Waals surface area (Å²) in [5.74, 6) is -2.60. The van der Waals surface area contributed by atoms with Gasteiger partial charge in [0.25, 0.3) is 0 Å². The van der Waals surface area contributed by atoms with Gasteiger partial charge < -0.3 is 24.3 Å². The van der Waals surface area contributed by atoms with E-state index in [-0.39, 0.29) is 24.9 Å². The smallest absolute Gasteiger partial charge is 0.336 e. The molecule has 8 heteroatoms. The van der Waals surface area contributed by atoms with E-state index in [0.29, 0.717) is 35.6 Å². The average Bonchev–Trinajstić information content (AvgIpc) is 2.78. The Kier molecular flexibility index (Phi) is 7.92. The highest BCUT2D eigenvalue weighted by molar-refractivity contribution is 6.12. The van der Waals surface area contributed by atoms with E-state index in [9.17, 15) is 14.4 Å². The number of hydrogen-bond acceptors (Lipinski definition) is 8. The van der Waals surface area contributed by atoms with Crippen LogP contribution in [0.5, 0.6) is 5.75 Å². The number of carbonyl (C=O) groups excluding carboxylic acids is 3. The highest BCUT2D eigenvalue weighted by Gasteiger charge is 2.47. The van der Waals surface area contributed by atoms with E-state index in [1.165, 1.54) is 14.2 Å². The highest BCUT2D eigenvalue weighted by atomic mass is 16.6. The first-order chi connectivity index (χ1) is 15.8. The van der Waals surface area contributed by atoms with Crippen LogP contribution in [0.25, 0.3) is 0 Å². The SMILES string of the molecule is CCOc1ccc([C@@H]2C(C(=O)OCCOC)=C(C)NC3=C2C(=O)[C@@H](C(=O)OC)[C@@H](C)C3)cc1. The zero-order valence-corrected chi connectivity index (χ0v) is 19.7. The van der Waals surface area contributed by atoms with Gasteiger partial charge in [-0.3, -0.25) is 9.59 Å². The molecule has 1 aromatic carbocycles. The molecule has 1 heterocycles. The predicted molar refractivity (Wildman–Crippen MR) is 120 cm³/mol. The number of esters is 2. The van der Waals surface area contributed by atoms with Crippen molar-refractivity contribution >= 4 is 17.7 Å². The first kappa shape index (κ1) is 24.5. The van der Waals surface area contributed by atoms with Crippen LogP contribution >= 0.6 is 0 Å². The Morgan fingerprint density at radius 1 is 1.12 bits per heavy atom. The molecule has 0 amide bonds. The van der Waals surface area contributed by atoms with E-state index < -0.39 is 23.8 Å². The van der Waals surface area contributed by atoms with Gasteiger partial charge >= 0.3 is 11.9 Å². The molecule has 3 rings (SSSR count). The number of rotatable bonds is 8. The molecule has 0 aromatic heterocycles. The van der Waals surface area contributed by atoms with Crippen LogP contribution in [0.15, 0.2) is 46.8 Å². The molecule has 0 radical (unpaired) electrons. The molecule has 3 atom stereocenters. The predicted octanol–water partition coefficient (Wildman–Crippen LogP) is 2.89. The summed E-state index contributed by atoms with van der Waals surface area (Å²) < 4.78 is 20.9. The number of nitrogens with one attached hydrogen (secondary N) is 1. The lowest BCUT2D eigenvalue weighted by Gasteiger charge is -2.38. The van der Waals surface area contributed by atoms with Crippen molar-refractivity contribution in [2.24, 2.45) is 11.8 Å². The van der Waals surface area contributed by atoms with Crippen LogP contribution in [0.4, 0.5) is 0 Å². The molecule has 0 bridgehead atoms. The Bertz CT molecular complexity index is 977. The van der Waals surface area contributed by atoms with Gasteiger partial charge in [0.1, 0.15) is 18.3 Å². The Morgan fingerprint density at radius 3 is 2.42 bits per heavy atom. The number of ether oxygens (including phenoxy) is 4. The van der Waals surface area contributed by atoms with Gasteiger partial charge in [-0.25, -0.2) is 4.79 Å². The summed E-state index contributed by atoms with van der Waals surface area (Å²) in [6.07, 6.45) is 0.484. The van der Waals surface area contributed by atoms with Crippen LogP contribution in [0.1, 0.15) is 38.7 Å². The Balaban J connectivity index is 2.10. The van der Waals surface area contributed by atoms with Crippen molar-refractivity contribution < 1.29 is 33.3 Å². The maximum absolute atomic E-state index is 13.6. The molecule has 178 valence electrons. The molecule has 0 spiro atoms. The number of allylic oxidation sites excluding steroid dienone is 3. The van der Waals surface area contributed by atoms with E-state index in [4.69, 9.17) is 18.9 Å².